The molecule has 1 atom stereocenters. The Bertz CT molecular complexity index is 685. The molecule has 0 spiro atoms. The minimum absolute atomic E-state index is 0.0762. The summed E-state index contributed by atoms with van der Waals surface area (Å²) in [6, 6.07) is 4.22. The third-order valence-electron chi connectivity index (χ3n) is 6.11. The fraction of sp³-hybridized carbons (Fsp3) is 0.636. The molecular weight excluding hydrogens is 338 g/mol. The Kier molecular flexibility index (Phi) is 6.20. The largest absolute Gasteiger partial charge is 0.342 e. The van der Waals surface area contributed by atoms with Crippen LogP contribution in [0.3, 0.4) is 0 Å². The van der Waals surface area contributed by atoms with Gasteiger partial charge in [-0.05, 0) is 70.7 Å². The lowest BCUT2D eigenvalue weighted by atomic mass is 9.92. The van der Waals surface area contributed by atoms with Gasteiger partial charge in [-0.15, -0.1) is 0 Å². The van der Waals surface area contributed by atoms with Crippen molar-refractivity contribution in [2.45, 2.75) is 46.5 Å². The first-order chi connectivity index (χ1) is 12.9. The van der Waals surface area contributed by atoms with E-state index in [0.717, 1.165) is 49.3 Å². The molecule has 5 nitrogen and oxygen atoms in total. The van der Waals surface area contributed by atoms with E-state index in [1.165, 1.54) is 12.0 Å². The number of hydrogen-bond acceptors (Lipinski definition) is 3. The zero-order valence-corrected chi connectivity index (χ0v) is 17.2. The maximum atomic E-state index is 13.0. The summed E-state index contributed by atoms with van der Waals surface area (Å²) in [7, 11) is 1.99. The molecule has 0 aromatic heterocycles. The van der Waals surface area contributed by atoms with E-state index in [2.05, 4.69) is 24.4 Å². The van der Waals surface area contributed by atoms with E-state index in [1.54, 1.807) is 0 Å². The second-order valence-electron chi connectivity index (χ2n) is 8.31. The lowest BCUT2D eigenvalue weighted by Gasteiger charge is -2.33. The van der Waals surface area contributed by atoms with Crippen molar-refractivity contribution in [2.24, 2.45) is 11.8 Å². The average Bonchev–Trinajstić information content (AvgIpc) is 3.00. The number of nitrogens with one attached hydrogen (secondary N) is 1. The second-order valence-corrected chi connectivity index (χ2v) is 8.31. The highest BCUT2D eigenvalue weighted by Crippen LogP contribution is 2.33. The highest BCUT2D eigenvalue weighted by molar-refractivity contribution is 6.01. The van der Waals surface area contributed by atoms with Crippen LogP contribution in [0.1, 0.15) is 42.4 Å². The van der Waals surface area contributed by atoms with E-state index >= 15 is 0 Å². The molecule has 5 heteroatoms. The van der Waals surface area contributed by atoms with Gasteiger partial charge in [0.25, 0.3) is 0 Å². The van der Waals surface area contributed by atoms with Gasteiger partial charge in [0, 0.05) is 31.7 Å². The molecule has 1 aromatic rings. The van der Waals surface area contributed by atoms with E-state index in [0.29, 0.717) is 18.9 Å². The molecule has 0 radical (unpaired) electrons. The Labute approximate surface area is 163 Å². The molecule has 2 saturated heterocycles. The average molecular weight is 372 g/mol. The molecule has 2 amide bonds. The quantitative estimate of drug-likeness (QED) is 0.866. The molecule has 1 unspecified atom stereocenters. The Hall–Kier alpha value is -1.88. The lowest BCUT2D eigenvalue weighted by molar-refractivity contribution is -0.137. The van der Waals surface area contributed by atoms with Crippen LogP contribution in [0.15, 0.2) is 12.1 Å². The molecular formula is C22H33N3O2. The van der Waals surface area contributed by atoms with Gasteiger partial charge in [0.1, 0.15) is 0 Å². The summed E-state index contributed by atoms with van der Waals surface area (Å²) >= 11 is 0. The summed E-state index contributed by atoms with van der Waals surface area (Å²) in [5.74, 6) is 0.750. The van der Waals surface area contributed by atoms with Gasteiger partial charge in [-0.3, -0.25) is 9.59 Å². The third kappa shape index (κ3) is 4.34. The first-order valence-corrected chi connectivity index (χ1v) is 10.2. The van der Waals surface area contributed by atoms with Gasteiger partial charge in [0.2, 0.25) is 11.8 Å². The SMILES string of the molecule is CNCCC1CCN(C(=O)C2CC(=O)N(c3c(C)cc(C)cc3C)C2)CC1. The highest BCUT2D eigenvalue weighted by Gasteiger charge is 2.38. The molecule has 0 aliphatic carbocycles. The number of nitrogens with zero attached hydrogens (tertiary/aromatic N) is 2. The van der Waals surface area contributed by atoms with Crippen molar-refractivity contribution >= 4 is 17.5 Å². The molecule has 1 N–H and O–H groups in total. The number of hydrogen-bond donors (Lipinski definition) is 1. The number of carbonyl (C=O) groups excluding carboxylic acids is 2. The van der Waals surface area contributed by atoms with Crippen LogP contribution < -0.4 is 10.2 Å². The first kappa shape index (κ1) is 19.9. The van der Waals surface area contributed by atoms with Crippen molar-refractivity contribution in [1.29, 1.82) is 0 Å². The molecule has 2 aliphatic rings. The Morgan fingerprint density at radius 2 is 1.78 bits per heavy atom. The number of anilines is 1. The molecule has 2 heterocycles. The van der Waals surface area contributed by atoms with Crippen molar-refractivity contribution < 1.29 is 9.59 Å². The lowest BCUT2D eigenvalue weighted by Crippen LogP contribution is -2.42. The van der Waals surface area contributed by atoms with Crippen molar-refractivity contribution in [2.75, 3.05) is 38.1 Å². The van der Waals surface area contributed by atoms with E-state index < -0.39 is 0 Å². The van der Waals surface area contributed by atoms with E-state index in [-0.39, 0.29) is 17.7 Å². The predicted molar refractivity (Wildman–Crippen MR) is 109 cm³/mol. The van der Waals surface area contributed by atoms with Crippen molar-refractivity contribution in [3.63, 3.8) is 0 Å². The van der Waals surface area contributed by atoms with Gasteiger partial charge >= 0.3 is 0 Å². The number of likely N-dealkylation sites (tertiary alicyclic amines) is 1. The molecule has 3 rings (SSSR count). The molecule has 148 valence electrons. The number of aryl methyl sites for hydroxylation is 3. The summed E-state index contributed by atoms with van der Waals surface area (Å²) < 4.78 is 0. The number of amides is 2. The van der Waals surface area contributed by atoms with Gasteiger partial charge in [0.05, 0.1) is 5.92 Å². The normalized spacial score (nSPS) is 21.2. The summed E-state index contributed by atoms with van der Waals surface area (Å²) in [6.07, 6.45) is 3.67. The van der Waals surface area contributed by atoms with Crippen LogP contribution >= 0.6 is 0 Å². The standard InChI is InChI=1S/C22H33N3O2/c1-15-11-16(2)21(17(3)12-15)25-14-19(13-20(25)26)22(27)24-9-6-18(7-10-24)5-8-23-4/h11-12,18-19,23H,5-10,13-14H2,1-4H3. The molecule has 2 fully saturated rings. The van der Waals surface area contributed by atoms with Gasteiger partial charge in [-0.2, -0.15) is 0 Å². The van der Waals surface area contributed by atoms with E-state index in [9.17, 15) is 9.59 Å². The zero-order valence-electron chi connectivity index (χ0n) is 17.2. The molecule has 1 aromatic carbocycles. The maximum absolute atomic E-state index is 13.0. The summed E-state index contributed by atoms with van der Waals surface area (Å²) in [4.78, 5) is 29.5. The zero-order chi connectivity index (χ0) is 19.6. The molecule has 0 bridgehead atoms. The van der Waals surface area contributed by atoms with E-state index in [1.807, 2.05) is 30.7 Å². The van der Waals surface area contributed by atoms with Gasteiger partial charge in [0.15, 0.2) is 0 Å². The first-order valence-electron chi connectivity index (χ1n) is 10.2. The summed E-state index contributed by atoms with van der Waals surface area (Å²) in [6.45, 7) is 9.40. The van der Waals surface area contributed by atoms with Crippen LogP contribution in [-0.2, 0) is 9.59 Å². The molecule has 0 saturated carbocycles. The smallest absolute Gasteiger partial charge is 0.228 e. The molecule has 27 heavy (non-hydrogen) atoms. The fourth-order valence-corrected chi connectivity index (χ4v) is 4.74. The van der Waals surface area contributed by atoms with Crippen LogP contribution in [0.4, 0.5) is 5.69 Å². The van der Waals surface area contributed by atoms with Crippen molar-refractivity contribution in [3.8, 4) is 0 Å². The fourth-order valence-electron chi connectivity index (χ4n) is 4.74. The van der Waals surface area contributed by atoms with Crippen LogP contribution in [0.2, 0.25) is 0 Å². The minimum Gasteiger partial charge on any atom is -0.342 e. The van der Waals surface area contributed by atoms with Gasteiger partial charge in [-0.25, -0.2) is 0 Å². The van der Waals surface area contributed by atoms with Gasteiger partial charge in [-0.1, -0.05) is 17.7 Å². The number of rotatable bonds is 5. The number of piperidine rings is 1. The van der Waals surface area contributed by atoms with E-state index in [4.69, 9.17) is 0 Å². The summed E-state index contributed by atoms with van der Waals surface area (Å²) in [5.41, 5.74) is 4.42. The summed E-state index contributed by atoms with van der Waals surface area (Å²) in [5, 5.41) is 3.21. The Morgan fingerprint density at radius 1 is 1.15 bits per heavy atom. The highest BCUT2D eigenvalue weighted by atomic mass is 16.2. The minimum atomic E-state index is -0.202. The van der Waals surface area contributed by atoms with Crippen LogP contribution in [0.25, 0.3) is 0 Å². The van der Waals surface area contributed by atoms with Crippen LogP contribution in [0, 0.1) is 32.6 Å². The third-order valence-corrected chi connectivity index (χ3v) is 6.11. The topological polar surface area (TPSA) is 52.7 Å². The van der Waals surface area contributed by atoms with Crippen molar-refractivity contribution in [3.05, 3.63) is 28.8 Å². The molecule has 2 aliphatic heterocycles. The Morgan fingerprint density at radius 3 is 2.37 bits per heavy atom. The van der Waals surface area contributed by atoms with Crippen LogP contribution in [-0.4, -0.2) is 49.9 Å². The van der Waals surface area contributed by atoms with Crippen molar-refractivity contribution in [1.82, 2.24) is 10.2 Å². The number of benzene rings is 1. The number of carbonyl (C=O) groups is 2. The maximum Gasteiger partial charge on any atom is 0.228 e. The Balaban J connectivity index is 1.63. The second kappa shape index (κ2) is 8.42. The van der Waals surface area contributed by atoms with Crippen LogP contribution in [0.5, 0.6) is 0 Å². The predicted octanol–water partition coefficient (Wildman–Crippen LogP) is 2.81. The monoisotopic (exact) mass is 371 g/mol. The van der Waals surface area contributed by atoms with Gasteiger partial charge < -0.3 is 15.1 Å².